The summed E-state index contributed by atoms with van der Waals surface area (Å²) in [6.07, 6.45) is 0. The van der Waals surface area contributed by atoms with Crippen LogP contribution >= 0.6 is 0 Å². The molecule has 1 saturated heterocycles. The molecule has 2 rings (SSSR count). The molecule has 0 amide bonds. The van der Waals surface area contributed by atoms with Gasteiger partial charge in [0.2, 0.25) is 10.0 Å². The van der Waals surface area contributed by atoms with Gasteiger partial charge in [0, 0.05) is 0 Å². The third-order valence-electron chi connectivity index (χ3n) is 3.76. The molecule has 0 radical (unpaired) electrons. The van der Waals surface area contributed by atoms with Crippen molar-refractivity contribution in [3.05, 3.63) is 29.8 Å². The molecule has 1 heterocycles. The maximum absolute atomic E-state index is 13.7. The van der Waals surface area contributed by atoms with E-state index < -0.39 is 26.6 Å². The van der Waals surface area contributed by atoms with Crippen LogP contribution in [-0.2, 0) is 10.0 Å². The highest BCUT2D eigenvalue weighted by Gasteiger charge is 2.32. The zero-order chi connectivity index (χ0) is 16.3. The maximum Gasteiger partial charge on any atom is 0.246 e. The van der Waals surface area contributed by atoms with E-state index >= 15 is 0 Å². The zero-order valence-corrected chi connectivity index (χ0v) is 13.0. The number of quaternary nitrogens is 1. The minimum absolute atomic E-state index is 0.0983. The number of piperazine rings is 1. The third kappa shape index (κ3) is 3.61. The van der Waals surface area contributed by atoms with E-state index in [-0.39, 0.29) is 19.0 Å². The van der Waals surface area contributed by atoms with E-state index in [4.69, 9.17) is 5.26 Å². The molecule has 0 saturated carbocycles. The number of hydrogen-bond donors (Lipinski definition) is 1. The van der Waals surface area contributed by atoms with Crippen molar-refractivity contribution < 1.29 is 22.1 Å². The molecular formula is C14H18F2N3O2S+. The highest BCUT2D eigenvalue weighted by molar-refractivity contribution is 7.89. The van der Waals surface area contributed by atoms with Crippen molar-refractivity contribution in [3.63, 3.8) is 0 Å². The van der Waals surface area contributed by atoms with Gasteiger partial charge in [-0.3, -0.25) is 0 Å². The predicted molar refractivity (Wildman–Crippen MR) is 75.5 cm³/mol. The van der Waals surface area contributed by atoms with E-state index in [9.17, 15) is 17.2 Å². The van der Waals surface area contributed by atoms with E-state index in [2.05, 4.69) is 6.07 Å². The summed E-state index contributed by atoms with van der Waals surface area (Å²) >= 11 is 0. The fourth-order valence-electron chi connectivity index (χ4n) is 2.54. The van der Waals surface area contributed by atoms with E-state index in [1.54, 1.807) is 0 Å². The Hall–Kier alpha value is -1.56. The summed E-state index contributed by atoms with van der Waals surface area (Å²) in [6, 6.07) is 4.57. The van der Waals surface area contributed by atoms with Gasteiger partial charge in [-0.25, -0.2) is 17.2 Å². The Bertz CT molecular complexity index is 680. The number of nitrogens with zero attached hydrogens (tertiary/aromatic N) is 2. The third-order valence-corrected chi connectivity index (χ3v) is 5.67. The standard InChI is InChI=1S/C14H17F2N3O2S/c1-11(9-17)10-18-4-6-19(7-5-18)22(20,21)14-8-12(15)2-3-13(14)16/h2-3,8,11H,4-7,10H2,1H3/p+1/t11-/m0/s1. The molecule has 1 N–H and O–H groups in total. The molecule has 5 nitrogen and oxygen atoms in total. The van der Waals surface area contributed by atoms with Crippen LogP contribution in [0.5, 0.6) is 0 Å². The largest absolute Gasteiger partial charge is 0.332 e. The van der Waals surface area contributed by atoms with Gasteiger partial charge in [0.15, 0.2) is 0 Å². The van der Waals surface area contributed by atoms with E-state index in [0.717, 1.165) is 17.0 Å². The second kappa shape index (κ2) is 6.69. The number of halogens is 2. The average Bonchev–Trinajstić information content (AvgIpc) is 2.50. The topological polar surface area (TPSA) is 65.6 Å². The van der Waals surface area contributed by atoms with E-state index in [1.165, 1.54) is 4.31 Å². The lowest BCUT2D eigenvalue weighted by molar-refractivity contribution is -0.905. The van der Waals surface area contributed by atoms with Gasteiger partial charge < -0.3 is 4.90 Å². The highest BCUT2D eigenvalue weighted by atomic mass is 32.2. The lowest BCUT2D eigenvalue weighted by atomic mass is 10.2. The zero-order valence-electron chi connectivity index (χ0n) is 12.2. The monoisotopic (exact) mass is 330 g/mol. The van der Waals surface area contributed by atoms with Gasteiger partial charge in [0.05, 0.1) is 44.7 Å². The second-order valence-electron chi connectivity index (χ2n) is 5.46. The number of nitriles is 1. The maximum atomic E-state index is 13.7. The van der Waals surface area contributed by atoms with Gasteiger partial charge in [-0.15, -0.1) is 0 Å². The smallest absolute Gasteiger partial charge is 0.246 e. The molecule has 1 fully saturated rings. The Morgan fingerprint density at radius 2 is 2.00 bits per heavy atom. The average molecular weight is 330 g/mol. The van der Waals surface area contributed by atoms with Gasteiger partial charge in [0.25, 0.3) is 0 Å². The predicted octanol–water partition coefficient (Wildman–Crippen LogP) is 0.0137. The summed E-state index contributed by atoms with van der Waals surface area (Å²) in [5.41, 5.74) is 0. The number of benzene rings is 1. The molecule has 120 valence electrons. The second-order valence-corrected chi connectivity index (χ2v) is 7.37. The van der Waals surface area contributed by atoms with Crippen molar-refractivity contribution in [2.24, 2.45) is 5.92 Å². The summed E-state index contributed by atoms with van der Waals surface area (Å²) in [6.45, 7) is 4.01. The quantitative estimate of drug-likeness (QED) is 0.846. The minimum atomic E-state index is -4.03. The van der Waals surface area contributed by atoms with Crippen LogP contribution in [0.1, 0.15) is 6.92 Å². The first-order valence-corrected chi connectivity index (χ1v) is 8.47. The molecular weight excluding hydrogens is 312 g/mol. The normalized spacial score (nSPS) is 18.8. The molecule has 1 aliphatic rings. The Morgan fingerprint density at radius 1 is 1.36 bits per heavy atom. The van der Waals surface area contributed by atoms with Crippen molar-refractivity contribution in [3.8, 4) is 6.07 Å². The molecule has 0 bridgehead atoms. The van der Waals surface area contributed by atoms with Crippen LogP contribution < -0.4 is 4.90 Å². The molecule has 1 atom stereocenters. The molecule has 1 aliphatic heterocycles. The van der Waals surface area contributed by atoms with E-state index in [0.29, 0.717) is 25.7 Å². The van der Waals surface area contributed by atoms with Gasteiger partial charge >= 0.3 is 0 Å². The molecule has 0 spiro atoms. The Kier molecular flexibility index (Phi) is 5.11. The number of nitrogens with one attached hydrogen (secondary N) is 1. The molecule has 22 heavy (non-hydrogen) atoms. The lowest BCUT2D eigenvalue weighted by Gasteiger charge is -2.32. The van der Waals surface area contributed by atoms with Crippen LogP contribution in [0.2, 0.25) is 0 Å². The van der Waals surface area contributed by atoms with Crippen molar-refractivity contribution in [2.75, 3.05) is 32.7 Å². The lowest BCUT2D eigenvalue weighted by Crippen LogP contribution is -3.15. The minimum Gasteiger partial charge on any atom is -0.332 e. The molecule has 1 aromatic rings. The molecule has 0 aromatic heterocycles. The summed E-state index contributed by atoms with van der Waals surface area (Å²) in [5.74, 6) is -1.83. The number of hydrogen-bond acceptors (Lipinski definition) is 3. The molecule has 0 unspecified atom stereocenters. The van der Waals surface area contributed by atoms with Crippen LogP contribution in [0.3, 0.4) is 0 Å². The van der Waals surface area contributed by atoms with Gasteiger partial charge in [0.1, 0.15) is 16.5 Å². The van der Waals surface area contributed by atoms with Gasteiger partial charge in [-0.1, -0.05) is 0 Å². The van der Waals surface area contributed by atoms with Crippen molar-refractivity contribution >= 4 is 10.0 Å². The van der Waals surface area contributed by atoms with Crippen LogP contribution in [0, 0.1) is 28.9 Å². The fraction of sp³-hybridized carbons (Fsp3) is 0.500. The first kappa shape index (κ1) is 16.8. The van der Waals surface area contributed by atoms with Crippen molar-refractivity contribution in [2.45, 2.75) is 11.8 Å². The van der Waals surface area contributed by atoms with E-state index in [1.807, 2.05) is 6.92 Å². The SMILES string of the molecule is C[C@@H](C#N)C[NH+]1CCN(S(=O)(=O)c2cc(F)ccc2F)CC1. The molecule has 1 aromatic carbocycles. The van der Waals surface area contributed by atoms with Crippen LogP contribution in [0.25, 0.3) is 0 Å². The van der Waals surface area contributed by atoms with Crippen LogP contribution in [0.15, 0.2) is 23.1 Å². The Balaban J connectivity index is 2.10. The van der Waals surface area contributed by atoms with Crippen LogP contribution in [0.4, 0.5) is 8.78 Å². The first-order valence-electron chi connectivity index (χ1n) is 7.03. The Morgan fingerprint density at radius 3 is 2.59 bits per heavy atom. The Labute approximate surface area is 128 Å². The van der Waals surface area contributed by atoms with Gasteiger partial charge in [-0.2, -0.15) is 9.57 Å². The molecule has 0 aliphatic carbocycles. The number of sulfonamides is 1. The van der Waals surface area contributed by atoms with Crippen molar-refractivity contribution in [1.29, 1.82) is 5.26 Å². The summed E-state index contributed by atoms with van der Waals surface area (Å²) < 4.78 is 52.9. The summed E-state index contributed by atoms with van der Waals surface area (Å²) in [4.78, 5) is 0.515. The summed E-state index contributed by atoms with van der Waals surface area (Å²) in [7, 11) is -4.03. The highest BCUT2D eigenvalue weighted by Crippen LogP contribution is 2.20. The molecule has 8 heteroatoms. The first-order chi connectivity index (χ1) is 10.3. The summed E-state index contributed by atoms with van der Waals surface area (Å²) in [5, 5.41) is 8.81. The van der Waals surface area contributed by atoms with Crippen LogP contribution in [-0.4, -0.2) is 45.4 Å². The van der Waals surface area contributed by atoms with Crippen molar-refractivity contribution in [1.82, 2.24) is 4.31 Å². The fourth-order valence-corrected chi connectivity index (χ4v) is 4.06. The number of rotatable bonds is 4. The van der Waals surface area contributed by atoms with Gasteiger partial charge in [-0.05, 0) is 25.1 Å².